The third kappa shape index (κ3) is 5.66. The number of hydrogen-bond acceptors (Lipinski definition) is 7. The Morgan fingerprint density at radius 3 is 2.28 bits per heavy atom. The summed E-state index contributed by atoms with van der Waals surface area (Å²) in [5.41, 5.74) is 3.20. The number of benzene rings is 3. The maximum atomic E-state index is 12.9. The van der Waals surface area contributed by atoms with Crippen molar-refractivity contribution < 1.29 is 22.6 Å². The van der Waals surface area contributed by atoms with Crippen LogP contribution in [0, 0.1) is 0 Å². The molecule has 0 bridgehead atoms. The average Bonchev–Trinajstić information content (AvgIpc) is 3.30. The zero-order valence-electron chi connectivity index (χ0n) is 20.1. The number of sulfonamides is 1. The lowest BCUT2D eigenvalue weighted by molar-refractivity contribution is 0.392. The van der Waals surface area contributed by atoms with E-state index in [1.165, 1.54) is 32.6 Å². The standard InChI is InChI=1S/C26H26N4O5S/c1-33-22-11-9-20(10-12-22)26-21(18-30(28-26)17-19-7-5-4-6-8-19)16-27-29-36(31,32)25-15-23(34-2)13-14-24(25)35-3/h4-16,18,29H,17H2,1-3H3. The maximum Gasteiger partial charge on any atom is 0.280 e. The van der Waals surface area contributed by atoms with Crippen molar-refractivity contribution in [3.05, 3.63) is 90.1 Å². The number of methoxy groups -OCH3 is 3. The summed E-state index contributed by atoms with van der Waals surface area (Å²) in [5, 5.41) is 8.75. The van der Waals surface area contributed by atoms with Gasteiger partial charge in [-0.25, -0.2) is 0 Å². The van der Waals surface area contributed by atoms with Crippen LogP contribution in [-0.2, 0) is 16.6 Å². The summed E-state index contributed by atoms with van der Waals surface area (Å²) in [7, 11) is 0.423. The molecule has 0 fully saturated rings. The molecular weight excluding hydrogens is 480 g/mol. The van der Waals surface area contributed by atoms with Gasteiger partial charge in [-0.15, -0.1) is 0 Å². The Hall–Kier alpha value is -4.31. The Balaban J connectivity index is 1.65. The molecule has 0 aliphatic rings. The first-order valence-corrected chi connectivity index (χ1v) is 12.4. The van der Waals surface area contributed by atoms with Gasteiger partial charge in [-0.05, 0) is 42.0 Å². The summed E-state index contributed by atoms with van der Waals surface area (Å²) in [6, 6.07) is 21.9. The number of ether oxygens (including phenoxy) is 3. The summed E-state index contributed by atoms with van der Waals surface area (Å²) < 4.78 is 43.3. The topological polar surface area (TPSA) is 104 Å². The highest BCUT2D eigenvalue weighted by Gasteiger charge is 2.20. The molecule has 9 nitrogen and oxygen atoms in total. The minimum absolute atomic E-state index is 0.0864. The zero-order valence-corrected chi connectivity index (χ0v) is 20.9. The summed E-state index contributed by atoms with van der Waals surface area (Å²) in [6.45, 7) is 0.546. The van der Waals surface area contributed by atoms with Crippen LogP contribution in [0.2, 0.25) is 0 Å². The molecule has 3 aromatic carbocycles. The fourth-order valence-electron chi connectivity index (χ4n) is 3.56. The Kier molecular flexibility index (Phi) is 7.55. The van der Waals surface area contributed by atoms with E-state index >= 15 is 0 Å². The number of aromatic nitrogens is 2. The van der Waals surface area contributed by atoms with Crippen LogP contribution in [0.4, 0.5) is 0 Å². The highest BCUT2D eigenvalue weighted by atomic mass is 32.2. The first-order chi connectivity index (χ1) is 17.4. The average molecular weight is 507 g/mol. The maximum absolute atomic E-state index is 12.9. The van der Waals surface area contributed by atoms with E-state index in [9.17, 15) is 8.42 Å². The van der Waals surface area contributed by atoms with Crippen LogP contribution in [-0.4, -0.2) is 45.7 Å². The molecule has 0 aliphatic heterocycles. The van der Waals surface area contributed by atoms with Gasteiger partial charge in [0.25, 0.3) is 10.0 Å². The molecule has 4 aromatic rings. The van der Waals surface area contributed by atoms with Crippen LogP contribution < -0.4 is 19.0 Å². The van der Waals surface area contributed by atoms with Crippen LogP contribution in [0.1, 0.15) is 11.1 Å². The van der Waals surface area contributed by atoms with Gasteiger partial charge in [-0.3, -0.25) is 4.68 Å². The number of rotatable bonds is 10. The fraction of sp³-hybridized carbons (Fsp3) is 0.154. The lowest BCUT2D eigenvalue weighted by Gasteiger charge is -2.10. The van der Waals surface area contributed by atoms with E-state index in [-0.39, 0.29) is 10.6 Å². The van der Waals surface area contributed by atoms with Gasteiger partial charge in [0.15, 0.2) is 0 Å². The molecule has 36 heavy (non-hydrogen) atoms. The molecule has 0 amide bonds. The van der Waals surface area contributed by atoms with E-state index < -0.39 is 10.0 Å². The molecule has 1 heterocycles. The van der Waals surface area contributed by atoms with Crippen molar-refractivity contribution in [2.75, 3.05) is 21.3 Å². The molecule has 186 valence electrons. The van der Waals surface area contributed by atoms with Gasteiger partial charge >= 0.3 is 0 Å². The van der Waals surface area contributed by atoms with E-state index in [0.717, 1.165) is 16.9 Å². The lowest BCUT2D eigenvalue weighted by atomic mass is 10.1. The smallest absolute Gasteiger partial charge is 0.280 e. The molecule has 0 atom stereocenters. The molecule has 4 rings (SSSR count). The summed E-state index contributed by atoms with van der Waals surface area (Å²) in [5.74, 6) is 1.27. The zero-order chi connectivity index (χ0) is 25.5. The molecule has 0 spiro atoms. The van der Waals surface area contributed by atoms with Gasteiger partial charge in [0.2, 0.25) is 0 Å². The van der Waals surface area contributed by atoms with E-state index in [1.807, 2.05) is 60.8 Å². The summed E-state index contributed by atoms with van der Waals surface area (Å²) >= 11 is 0. The van der Waals surface area contributed by atoms with Gasteiger partial charge in [0.05, 0.1) is 34.1 Å². The van der Waals surface area contributed by atoms with Gasteiger partial charge in [0.1, 0.15) is 27.8 Å². The van der Waals surface area contributed by atoms with E-state index in [4.69, 9.17) is 19.3 Å². The van der Waals surface area contributed by atoms with Crippen LogP contribution in [0.25, 0.3) is 11.3 Å². The van der Waals surface area contributed by atoms with Crippen molar-refractivity contribution >= 4 is 16.2 Å². The molecule has 0 unspecified atom stereocenters. The van der Waals surface area contributed by atoms with Gasteiger partial charge < -0.3 is 14.2 Å². The van der Waals surface area contributed by atoms with Gasteiger partial charge in [-0.1, -0.05) is 30.3 Å². The third-order valence-corrected chi connectivity index (χ3v) is 6.62. The first kappa shape index (κ1) is 24.8. The number of nitrogens with zero attached hydrogens (tertiary/aromatic N) is 3. The number of hydrogen-bond donors (Lipinski definition) is 1. The van der Waals surface area contributed by atoms with Crippen LogP contribution in [0.15, 0.2) is 89.0 Å². The predicted octanol–water partition coefficient (Wildman–Crippen LogP) is 3.94. The molecule has 10 heteroatoms. The van der Waals surface area contributed by atoms with Crippen molar-refractivity contribution in [2.24, 2.45) is 5.10 Å². The molecule has 0 aliphatic carbocycles. The van der Waals surface area contributed by atoms with Crippen molar-refractivity contribution in [2.45, 2.75) is 11.4 Å². The van der Waals surface area contributed by atoms with Crippen molar-refractivity contribution in [3.63, 3.8) is 0 Å². The SMILES string of the molecule is COc1ccc(-c2nn(Cc3ccccc3)cc2C=NNS(=O)(=O)c2cc(OC)ccc2OC)cc1. The normalized spacial score (nSPS) is 11.4. The van der Waals surface area contributed by atoms with E-state index in [1.54, 1.807) is 17.9 Å². The molecular formula is C26H26N4O5S. The Morgan fingerprint density at radius 1 is 0.917 bits per heavy atom. The van der Waals surface area contributed by atoms with Gasteiger partial charge in [-0.2, -0.15) is 23.4 Å². The van der Waals surface area contributed by atoms with Crippen molar-refractivity contribution in [1.82, 2.24) is 14.6 Å². The molecule has 1 N–H and O–H groups in total. The Bertz CT molecular complexity index is 1450. The molecule has 0 radical (unpaired) electrons. The first-order valence-electron chi connectivity index (χ1n) is 11.0. The number of hydrazone groups is 1. The molecule has 0 saturated heterocycles. The van der Waals surface area contributed by atoms with Crippen molar-refractivity contribution in [1.29, 1.82) is 0 Å². The minimum Gasteiger partial charge on any atom is -0.497 e. The number of nitrogens with one attached hydrogen (secondary N) is 1. The third-order valence-electron chi connectivity index (χ3n) is 5.38. The summed E-state index contributed by atoms with van der Waals surface area (Å²) in [6.07, 6.45) is 3.24. The van der Waals surface area contributed by atoms with Crippen LogP contribution in [0.3, 0.4) is 0 Å². The second-order valence-corrected chi connectivity index (χ2v) is 9.34. The van der Waals surface area contributed by atoms with Gasteiger partial charge in [0, 0.05) is 23.4 Å². The monoisotopic (exact) mass is 506 g/mol. The highest BCUT2D eigenvalue weighted by molar-refractivity contribution is 7.89. The Morgan fingerprint density at radius 2 is 1.61 bits per heavy atom. The van der Waals surface area contributed by atoms with Crippen LogP contribution >= 0.6 is 0 Å². The lowest BCUT2D eigenvalue weighted by Crippen LogP contribution is -2.19. The van der Waals surface area contributed by atoms with Crippen LogP contribution in [0.5, 0.6) is 17.2 Å². The quantitative estimate of drug-likeness (QED) is 0.258. The second kappa shape index (κ2) is 11.0. The second-order valence-electron chi connectivity index (χ2n) is 7.71. The summed E-state index contributed by atoms with van der Waals surface area (Å²) in [4.78, 5) is 2.17. The van der Waals surface area contributed by atoms with E-state index in [2.05, 4.69) is 9.93 Å². The van der Waals surface area contributed by atoms with Crippen molar-refractivity contribution in [3.8, 4) is 28.5 Å². The largest absolute Gasteiger partial charge is 0.497 e. The minimum atomic E-state index is -4.03. The van der Waals surface area contributed by atoms with E-state index in [0.29, 0.717) is 23.6 Å². The molecule has 0 saturated carbocycles. The predicted molar refractivity (Wildman–Crippen MR) is 137 cm³/mol. The molecule has 1 aromatic heterocycles. The highest BCUT2D eigenvalue weighted by Crippen LogP contribution is 2.28. The Labute approximate surface area is 210 Å². The fourth-order valence-corrected chi connectivity index (χ4v) is 4.54.